The SMILES string of the molecule is Cc1nn(CCNc2ccccc2)cc1Cl. The third kappa shape index (κ3) is 2.76. The lowest BCUT2D eigenvalue weighted by Gasteiger charge is -2.05. The molecule has 0 saturated carbocycles. The number of hydrogen-bond donors (Lipinski definition) is 1. The van der Waals surface area contributed by atoms with E-state index in [4.69, 9.17) is 11.6 Å². The monoisotopic (exact) mass is 235 g/mol. The van der Waals surface area contributed by atoms with Gasteiger partial charge in [-0.3, -0.25) is 4.68 Å². The van der Waals surface area contributed by atoms with Crippen molar-refractivity contribution in [3.05, 3.63) is 47.2 Å². The van der Waals surface area contributed by atoms with Gasteiger partial charge in [0.05, 0.1) is 17.3 Å². The highest BCUT2D eigenvalue weighted by Crippen LogP contribution is 2.11. The Balaban J connectivity index is 1.84. The molecule has 0 saturated heterocycles. The Morgan fingerprint density at radius 2 is 2.06 bits per heavy atom. The number of benzene rings is 1. The Bertz CT molecular complexity index is 431. The number of rotatable bonds is 4. The minimum absolute atomic E-state index is 0.722. The van der Waals surface area contributed by atoms with Gasteiger partial charge in [-0.15, -0.1) is 0 Å². The summed E-state index contributed by atoms with van der Waals surface area (Å²) >= 11 is 5.92. The number of aryl methyl sites for hydroxylation is 1. The van der Waals surface area contributed by atoms with Crippen LogP contribution in [0, 0.1) is 6.92 Å². The fraction of sp³-hybridized carbons (Fsp3) is 0.250. The number of anilines is 1. The summed E-state index contributed by atoms with van der Waals surface area (Å²) in [5, 5.41) is 8.33. The first kappa shape index (κ1) is 11.0. The molecule has 0 radical (unpaired) electrons. The Hall–Kier alpha value is -1.48. The van der Waals surface area contributed by atoms with Crippen LogP contribution in [0.4, 0.5) is 5.69 Å². The minimum atomic E-state index is 0.722. The molecule has 4 heteroatoms. The summed E-state index contributed by atoms with van der Waals surface area (Å²) in [6, 6.07) is 10.1. The molecule has 1 N–H and O–H groups in total. The Morgan fingerprint density at radius 3 is 2.69 bits per heavy atom. The van der Waals surface area contributed by atoms with E-state index in [2.05, 4.69) is 10.4 Å². The van der Waals surface area contributed by atoms with Crippen LogP contribution in [0.2, 0.25) is 5.02 Å². The first-order valence-corrected chi connectivity index (χ1v) is 5.62. The lowest BCUT2D eigenvalue weighted by atomic mass is 10.3. The molecule has 1 aromatic heterocycles. The van der Waals surface area contributed by atoms with Gasteiger partial charge >= 0.3 is 0 Å². The van der Waals surface area contributed by atoms with Crippen molar-refractivity contribution in [3.8, 4) is 0 Å². The third-order valence-corrected chi connectivity index (χ3v) is 2.70. The van der Waals surface area contributed by atoms with E-state index < -0.39 is 0 Å². The number of aromatic nitrogens is 2. The minimum Gasteiger partial charge on any atom is -0.383 e. The number of nitrogens with zero attached hydrogens (tertiary/aromatic N) is 2. The van der Waals surface area contributed by atoms with Crippen molar-refractivity contribution in [1.82, 2.24) is 9.78 Å². The number of halogens is 1. The zero-order valence-electron chi connectivity index (χ0n) is 9.15. The molecule has 0 aliphatic carbocycles. The van der Waals surface area contributed by atoms with Crippen molar-refractivity contribution >= 4 is 17.3 Å². The molecule has 0 amide bonds. The lowest BCUT2D eigenvalue weighted by molar-refractivity contribution is 0.632. The van der Waals surface area contributed by atoms with E-state index >= 15 is 0 Å². The molecule has 0 bridgehead atoms. The summed E-state index contributed by atoms with van der Waals surface area (Å²) in [6.07, 6.45) is 1.85. The topological polar surface area (TPSA) is 29.9 Å². The average molecular weight is 236 g/mol. The molecule has 2 aromatic rings. The first-order chi connectivity index (χ1) is 7.75. The standard InChI is InChI=1S/C12H14ClN3/c1-10-12(13)9-16(15-10)8-7-14-11-5-3-2-4-6-11/h2-6,9,14H,7-8H2,1H3. The predicted molar refractivity (Wildman–Crippen MR) is 66.9 cm³/mol. The van der Waals surface area contributed by atoms with E-state index in [1.807, 2.05) is 48.1 Å². The Morgan fingerprint density at radius 1 is 1.31 bits per heavy atom. The van der Waals surface area contributed by atoms with E-state index in [0.717, 1.165) is 29.5 Å². The van der Waals surface area contributed by atoms with E-state index in [1.54, 1.807) is 0 Å². The van der Waals surface area contributed by atoms with E-state index in [1.165, 1.54) is 0 Å². The molecular formula is C12H14ClN3. The molecule has 0 spiro atoms. The summed E-state index contributed by atoms with van der Waals surface area (Å²) in [7, 11) is 0. The lowest BCUT2D eigenvalue weighted by Crippen LogP contribution is -2.10. The summed E-state index contributed by atoms with van der Waals surface area (Å²) in [6.45, 7) is 3.55. The van der Waals surface area contributed by atoms with Gasteiger partial charge in [0.1, 0.15) is 0 Å². The molecule has 1 aromatic carbocycles. The Labute approximate surface area is 100 Å². The van der Waals surface area contributed by atoms with Crippen LogP contribution < -0.4 is 5.32 Å². The fourth-order valence-corrected chi connectivity index (χ4v) is 1.63. The van der Waals surface area contributed by atoms with Crippen molar-refractivity contribution in [1.29, 1.82) is 0 Å². The van der Waals surface area contributed by atoms with Gasteiger partial charge in [-0.25, -0.2) is 0 Å². The van der Waals surface area contributed by atoms with Crippen LogP contribution in [0.5, 0.6) is 0 Å². The molecule has 1 heterocycles. The van der Waals surface area contributed by atoms with Gasteiger partial charge in [0, 0.05) is 18.4 Å². The van der Waals surface area contributed by atoms with Crippen LogP contribution >= 0.6 is 11.6 Å². The quantitative estimate of drug-likeness (QED) is 0.883. The normalized spacial score (nSPS) is 10.4. The van der Waals surface area contributed by atoms with Gasteiger partial charge in [0.25, 0.3) is 0 Å². The van der Waals surface area contributed by atoms with Gasteiger partial charge < -0.3 is 5.32 Å². The van der Waals surface area contributed by atoms with Crippen LogP contribution in [0.1, 0.15) is 5.69 Å². The van der Waals surface area contributed by atoms with Crippen molar-refractivity contribution in [2.45, 2.75) is 13.5 Å². The van der Waals surface area contributed by atoms with Gasteiger partial charge in [-0.05, 0) is 19.1 Å². The largest absolute Gasteiger partial charge is 0.383 e. The van der Waals surface area contributed by atoms with Crippen LogP contribution in [-0.2, 0) is 6.54 Å². The average Bonchev–Trinajstić information content (AvgIpc) is 2.60. The molecule has 0 unspecified atom stereocenters. The third-order valence-electron chi connectivity index (χ3n) is 2.33. The number of nitrogens with one attached hydrogen (secondary N) is 1. The summed E-state index contributed by atoms with van der Waals surface area (Å²) < 4.78 is 1.85. The molecule has 0 aliphatic rings. The summed E-state index contributed by atoms with van der Waals surface area (Å²) in [4.78, 5) is 0. The second-order valence-electron chi connectivity index (χ2n) is 3.62. The van der Waals surface area contributed by atoms with Crippen molar-refractivity contribution in [3.63, 3.8) is 0 Å². The Kier molecular flexibility index (Phi) is 3.47. The molecule has 3 nitrogen and oxygen atoms in total. The van der Waals surface area contributed by atoms with E-state index in [-0.39, 0.29) is 0 Å². The first-order valence-electron chi connectivity index (χ1n) is 5.24. The van der Waals surface area contributed by atoms with Crippen LogP contribution in [-0.4, -0.2) is 16.3 Å². The van der Waals surface area contributed by atoms with Crippen molar-refractivity contribution < 1.29 is 0 Å². The van der Waals surface area contributed by atoms with Crippen LogP contribution in [0.25, 0.3) is 0 Å². The smallest absolute Gasteiger partial charge is 0.0814 e. The van der Waals surface area contributed by atoms with Gasteiger partial charge in [-0.1, -0.05) is 29.8 Å². The summed E-state index contributed by atoms with van der Waals surface area (Å²) in [5.74, 6) is 0. The van der Waals surface area contributed by atoms with Crippen molar-refractivity contribution in [2.24, 2.45) is 0 Å². The molecule has 0 atom stereocenters. The molecule has 0 fully saturated rings. The van der Waals surface area contributed by atoms with Gasteiger partial charge in [0.2, 0.25) is 0 Å². The second-order valence-corrected chi connectivity index (χ2v) is 4.03. The number of para-hydroxylation sites is 1. The maximum atomic E-state index is 5.92. The van der Waals surface area contributed by atoms with Crippen LogP contribution in [0.3, 0.4) is 0 Å². The highest BCUT2D eigenvalue weighted by molar-refractivity contribution is 6.31. The predicted octanol–water partition coefficient (Wildman–Crippen LogP) is 2.96. The molecule has 2 rings (SSSR count). The fourth-order valence-electron chi connectivity index (χ4n) is 1.48. The molecule has 84 valence electrons. The molecule has 16 heavy (non-hydrogen) atoms. The zero-order valence-corrected chi connectivity index (χ0v) is 9.91. The maximum Gasteiger partial charge on any atom is 0.0814 e. The molecule has 0 aliphatic heterocycles. The van der Waals surface area contributed by atoms with E-state index in [9.17, 15) is 0 Å². The maximum absolute atomic E-state index is 5.92. The number of hydrogen-bond acceptors (Lipinski definition) is 2. The van der Waals surface area contributed by atoms with Crippen molar-refractivity contribution in [2.75, 3.05) is 11.9 Å². The highest BCUT2D eigenvalue weighted by atomic mass is 35.5. The molecular weight excluding hydrogens is 222 g/mol. The zero-order chi connectivity index (χ0) is 11.4. The van der Waals surface area contributed by atoms with E-state index in [0.29, 0.717) is 0 Å². The second kappa shape index (κ2) is 5.03. The van der Waals surface area contributed by atoms with Gasteiger partial charge in [0.15, 0.2) is 0 Å². The van der Waals surface area contributed by atoms with Gasteiger partial charge in [-0.2, -0.15) is 5.10 Å². The van der Waals surface area contributed by atoms with Crippen LogP contribution in [0.15, 0.2) is 36.5 Å². The highest BCUT2D eigenvalue weighted by Gasteiger charge is 2.00. The summed E-state index contributed by atoms with van der Waals surface area (Å²) in [5.41, 5.74) is 2.00.